The fourth-order valence-corrected chi connectivity index (χ4v) is 3.13. The molecule has 1 saturated heterocycles. The lowest BCUT2D eigenvalue weighted by atomic mass is 10.1. The number of hydrogen-bond donors (Lipinski definition) is 1. The van der Waals surface area contributed by atoms with Crippen LogP contribution in [-0.4, -0.2) is 41.3 Å². The third-order valence-electron chi connectivity index (χ3n) is 4.24. The molecule has 0 amide bonds. The lowest BCUT2D eigenvalue weighted by Crippen LogP contribution is -2.38. The summed E-state index contributed by atoms with van der Waals surface area (Å²) in [5.74, 6) is 0.536. The second-order valence-electron chi connectivity index (χ2n) is 5.98. The zero-order valence-electron chi connectivity index (χ0n) is 14.0. The lowest BCUT2D eigenvalue weighted by molar-refractivity contribution is 0.122. The summed E-state index contributed by atoms with van der Waals surface area (Å²) in [7, 11) is 0. The van der Waals surface area contributed by atoms with Crippen LogP contribution in [0.25, 0.3) is 23.2 Å². The van der Waals surface area contributed by atoms with Crippen molar-refractivity contribution in [3.8, 4) is 0 Å². The number of hydrogen-bond acceptors (Lipinski definition) is 5. The predicted molar refractivity (Wildman–Crippen MR) is 104 cm³/mol. The maximum absolute atomic E-state index is 12.7. The molecule has 3 heterocycles. The summed E-state index contributed by atoms with van der Waals surface area (Å²) < 4.78 is 5.34. The first kappa shape index (κ1) is 16.8. The Balaban J connectivity index is 1.73. The minimum Gasteiger partial charge on any atom is -0.378 e. The van der Waals surface area contributed by atoms with Crippen molar-refractivity contribution in [2.24, 2.45) is 0 Å². The summed E-state index contributed by atoms with van der Waals surface area (Å²) in [6.07, 6.45) is 5.45. The van der Waals surface area contributed by atoms with Gasteiger partial charge in [0, 0.05) is 24.3 Å². The number of pyridine rings is 1. The molecule has 4 rings (SSSR count). The molecule has 132 valence electrons. The number of ether oxygens (including phenoxy) is 1. The van der Waals surface area contributed by atoms with E-state index >= 15 is 0 Å². The average Bonchev–Trinajstić information content (AvgIpc) is 2.67. The van der Waals surface area contributed by atoms with Crippen LogP contribution in [-0.2, 0) is 4.74 Å². The smallest absolute Gasteiger partial charge is 0.262 e. The van der Waals surface area contributed by atoms with Crippen molar-refractivity contribution >= 4 is 40.7 Å². The SMILES string of the molecule is O=c1[nH]c(N2CCOCC2)nc2nccc(/C=C/c3cccc(Cl)c3)c12. The Morgan fingerprint density at radius 2 is 2.04 bits per heavy atom. The van der Waals surface area contributed by atoms with Gasteiger partial charge in [0.05, 0.1) is 18.6 Å². The molecule has 2 aromatic heterocycles. The molecular formula is C19H17ClN4O2. The van der Waals surface area contributed by atoms with E-state index in [1.807, 2.05) is 41.3 Å². The minimum atomic E-state index is -0.199. The van der Waals surface area contributed by atoms with Crippen LogP contribution in [0.3, 0.4) is 0 Å². The van der Waals surface area contributed by atoms with Gasteiger partial charge in [-0.15, -0.1) is 0 Å². The Bertz CT molecular complexity index is 1030. The Morgan fingerprint density at radius 1 is 1.19 bits per heavy atom. The van der Waals surface area contributed by atoms with Crippen LogP contribution >= 0.6 is 11.6 Å². The topological polar surface area (TPSA) is 71.1 Å². The molecular weight excluding hydrogens is 352 g/mol. The van der Waals surface area contributed by atoms with E-state index in [4.69, 9.17) is 16.3 Å². The van der Waals surface area contributed by atoms with Crippen LogP contribution in [0, 0.1) is 0 Å². The van der Waals surface area contributed by atoms with Crippen molar-refractivity contribution < 1.29 is 4.74 Å². The zero-order chi connectivity index (χ0) is 17.9. The monoisotopic (exact) mass is 368 g/mol. The van der Waals surface area contributed by atoms with Gasteiger partial charge < -0.3 is 9.64 Å². The Hall–Kier alpha value is -2.70. The highest BCUT2D eigenvalue weighted by Gasteiger charge is 2.16. The molecule has 0 bridgehead atoms. The second kappa shape index (κ2) is 7.27. The number of aromatic amines is 1. The number of nitrogens with one attached hydrogen (secondary N) is 1. The number of nitrogens with zero attached hydrogens (tertiary/aromatic N) is 3. The van der Waals surface area contributed by atoms with Crippen molar-refractivity contribution in [1.29, 1.82) is 0 Å². The molecule has 3 aromatic rings. The second-order valence-corrected chi connectivity index (χ2v) is 6.41. The van der Waals surface area contributed by atoms with Crippen LogP contribution in [0.2, 0.25) is 5.02 Å². The molecule has 0 saturated carbocycles. The van der Waals surface area contributed by atoms with Gasteiger partial charge in [0.25, 0.3) is 5.56 Å². The van der Waals surface area contributed by atoms with E-state index in [1.54, 1.807) is 12.3 Å². The van der Waals surface area contributed by atoms with Gasteiger partial charge in [0.2, 0.25) is 5.95 Å². The summed E-state index contributed by atoms with van der Waals surface area (Å²) in [4.78, 5) is 26.4. The van der Waals surface area contributed by atoms with Gasteiger partial charge in [-0.25, -0.2) is 4.98 Å². The Labute approximate surface area is 155 Å². The standard InChI is InChI=1S/C19H17ClN4O2/c20-15-3-1-2-13(12-15)4-5-14-6-7-21-17-16(14)18(25)23-19(22-17)24-8-10-26-11-9-24/h1-7,12H,8-11H2,(H,21,22,23,25)/b5-4+. The maximum atomic E-state index is 12.7. The fourth-order valence-electron chi connectivity index (χ4n) is 2.93. The van der Waals surface area contributed by atoms with E-state index in [1.165, 1.54) is 0 Å². The first-order valence-electron chi connectivity index (χ1n) is 8.36. The molecule has 1 aliphatic heterocycles. The molecule has 7 heteroatoms. The predicted octanol–water partition coefficient (Wildman–Crippen LogP) is 2.98. The molecule has 1 N–H and O–H groups in total. The van der Waals surface area contributed by atoms with Gasteiger partial charge in [-0.05, 0) is 29.3 Å². The molecule has 0 unspecified atom stereocenters. The molecule has 1 fully saturated rings. The summed E-state index contributed by atoms with van der Waals surface area (Å²) >= 11 is 6.02. The van der Waals surface area contributed by atoms with Crippen LogP contribution in [0.1, 0.15) is 11.1 Å². The molecule has 26 heavy (non-hydrogen) atoms. The fraction of sp³-hybridized carbons (Fsp3) is 0.211. The number of H-pyrrole nitrogens is 1. The van der Waals surface area contributed by atoms with Crippen LogP contribution in [0.4, 0.5) is 5.95 Å². The molecule has 0 spiro atoms. The highest BCUT2D eigenvalue weighted by atomic mass is 35.5. The Morgan fingerprint density at radius 3 is 2.85 bits per heavy atom. The van der Waals surface area contributed by atoms with Crippen LogP contribution in [0.5, 0.6) is 0 Å². The van der Waals surface area contributed by atoms with Gasteiger partial charge in [-0.1, -0.05) is 35.9 Å². The molecule has 6 nitrogen and oxygen atoms in total. The number of anilines is 1. The van der Waals surface area contributed by atoms with E-state index in [9.17, 15) is 4.79 Å². The van der Waals surface area contributed by atoms with Gasteiger partial charge in [0.15, 0.2) is 5.65 Å². The van der Waals surface area contributed by atoms with Gasteiger partial charge >= 0.3 is 0 Å². The van der Waals surface area contributed by atoms with Crippen molar-refractivity contribution in [3.05, 3.63) is 63.0 Å². The van der Waals surface area contributed by atoms with Crippen molar-refractivity contribution in [1.82, 2.24) is 15.0 Å². The van der Waals surface area contributed by atoms with E-state index in [0.29, 0.717) is 48.3 Å². The van der Waals surface area contributed by atoms with Gasteiger partial charge in [-0.3, -0.25) is 9.78 Å². The molecule has 0 atom stereocenters. The van der Waals surface area contributed by atoms with Crippen LogP contribution < -0.4 is 10.5 Å². The first-order valence-corrected chi connectivity index (χ1v) is 8.74. The maximum Gasteiger partial charge on any atom is 0.262 e. The summed E-state index contributed by atoms with van der Waals surface area (Å²) in [6.45, 7) is 2.64. The van der Waals surface area contributed by atoms with Crippen molar-refractivity contribution in [2.45, 2.75) is 0 Å². The zero-order valence-corrected chi connectivity index (χ0v) is 14.7. The quantitative estimate of drug-likeness (QED) is 0.769. The number of aromatic nitrogens is 3. The number of benzene rings is 1. The highest BCUT2D eigenvalue weighted by molar-refractivity contribution is 6.30. The van der Waals surface area contributed by atoms with Gasteiger partial charge in [0.1, 0.15) is 0 Å². The third-order valence-corrected chi connectivity index (χ3v) is 4.48. The molecule has 1 aliphatic rings. The summed E-state index contributed by atoms with van der Waals surface area (Å²) in [5, 5.41) is 1.14. The number of halogens is 1. The number of morpholine rings is 1. The van der Waals surface area contributed by atoms with E-state index < -0.39 is 0 Å². The minimum absolute atomic E-state index is 0.199. The Kier molecular flexibility index (Phi) is 4.69. The lowest BCUT2D eigenvalue weighted by Gasteiger charge is -2.27. The molecule has 0 radical (unpaired) electrons. The largest absolute Gasteiger partial charge is 0.378 e. The first-order chi connectivity index (χ1) is 12.7. The summed E-state index contributed by atoms with van der Waals surface area (Å²) in [5.41, 5.74) is 1.95. The van der Waals surface area contributed by atoms with Crippen LogP contribution in [0.15, 0.2) is 41.3 Å². The average molecular weight is 369 g/mol. The van der Waals surface area contributed by atoms with E-state index in [2.05, 4.69) is 15.0 Å². The van der Waals surface area contributed by atoms with Crippen molar-refractivity contribution in [3.63, 3.8) is 0 Å². The molecule has 1 aromatic carbocycles. The van der Waals surface area contributed by atoms with Crippen molar-refractivity contribution in [2.75, 3.05) is 31.2 Å². The molecule has 0 aliphatic carbocycles. The van der Waals surface area contributed by atoms with E-state index in [0.717, 1.165) is 11.1 Å². The number of fused-ring (bicyclic) bond motifs is 1. The summed E-state index contributed by atoms with van der Waals surface area (Å²) in [6, 6.07) is 9.32. The van der Waals surface area contributed by atoms with Gasteiger partial charge in [-0.2, -0.15) is 4.98 Å². The van der Waals surface area contributed by atoms with E-state index in [-0.39, 0.29) is 5.56 Å². The normalized spacial score (nSPS) is 15.0. The third kappa shape index (κ3) is 3.47. The highest BCUT2D eigenvalue weighted by Crippen LogP contribution is 2.18. The number of rotatable bonds is 3.